The van der Waals surface area contributed by atoms with Crippen molar-refractivity contribution < 1.29 is 9.47 Å². The number of rotatable bonds is 9. The highest BCUT2D eigenvalue weighted by molar-refractivity contribution is 14.0. The molecule has 2 heterocycles. The lowest BCUT2D eigenvalue weighted by Crippen LogP contribution is -2.48. The first-order chi connectivity index (χ1) is 13.2. The van der Waals surface area contributed by atoms with Gasteiger partial charge >= 0.3 is 0 Å². The third kappa shape index (κ3) is 6.85. The van der Waals surface area contributed by atoms with Crippen LogP contribution < -0.4 is 5.32 Å². The Morgan fingerprint density at radius 3 is 2.89 bits per heavy atom. The summed E-state index contributed by atoms with van der Waals surface area (Å²) in [4.78, 5) is 9.72. The minimum atomic E-state index is 0. The van der Waals surface area contributed by atoms with Crippen LogP contribution in [0.15, 0.2) is 17.4 Å². The number of halogens is 1. The van der Waals surface area contributed by atoms with Crippen LogP contribution in [0.3, 0.4) is 0 Å². The van der Waals surface area contributed by atoms with Gasteiger partial charge < -0.3 is 19.7 Å². The van der Waals surface area contributed by atoms with Crippen molar-refractivity contribution in [3.8, 4) is 0 Å². The zero-order valence-corrected chi connectivity index (χ0v) is 19.7. The molecule has 1 atom stereocenters. The fourth-order valence-electron chi connectivity index (χ4n) is 3.49. The number of hydrogen-bond acceptors (Lipinski definition) is 5. The van der Waals surface area contributed by atoms with E-state index in [4.69, 9.17) is 14.5 Å². The fraction of sp³-hybridized carbons (Fsp3) is 0.789. The molecule has 8 nitrogen and oxygen atoms in total. The second kappa shape index (κ2) is 11.9. The van der Waals surface area contributed by atoms with Crippen molar-refractivity contribution in [3.05, 3.63) is 18.0 Å². The van der Waals surface area contributed by atoms with Gasteiger partial charge in [0.25, 0.3) is 0 Å². The molecule has 1 unspecified atom stereocenters. The molecule has 0 amide bonds. The molecule has 1 aromatic rings. The van der Waals surface area contributed by atoms with Crippen molar-refractivity contribution in [1.29, 1.82) is 0 Å². The summed E-state index contributed by atoms with van der Waals surface area (Å²) in [7, 11) is 3.70. The summed E-state index contributed by atoms with van der Waals surface area (Å²) in [6.07, 6.45) is 6.58. The number of aromatic nitrogens is 2. The summed E-state index contributed by atoms with van der Waals surface area (Å²) >= 11 is 0. The molecule has 0 radical (unpaired) electrons. The third-order valence-corrected chi connectivity index (χ3v) is 5.09. The predicted octanol–water partition coefficient (Wildman–Crippen LogP) is 1.49. The Morgan fingerprint density at radius 1 is 1.43 bits per heavy atom. The van der Waals surface area contributed by atoms with E-state index in [1.165, 1.54) is 12.8 Å². The van der Waals surface area contributed by atoms with E-state index in [1.807, 2.05) is 24.1 Å². The number of aryl methyl sites for hydroxylation is 1. The highest BCUT2D eigenvalue weighted by Gasteiger charge is 2.28. The monoisotopic (exact) mass is 506 g/mol. The number of nitrogens with one attached hydrogen (secondary N) is 1. The quantitative estimate of drug-likeness (QED) is 0.311. The zero-order chi connectivity index (χ0) is 19.1. The Bertz CT molecular complexity index is 607. The Balaban J connectivity index is 0.00000280. The predicted molar refractivity (Wildman–Crippen MR) is 121 cm³/mol. The first-order valence-corrected chi connectivity index (χ1v) is 10.1. The number of hydrogen-bond donors (Lipinski definition) is 1. The fourth-order valence-corrected chi connectivity index (χ4v) is 3.49. The lowest BCUT2D eigenvalue weighted by molar-refractivity contribution is -0.00805. The third-order valence-electron chi connectivity index (χ3n) is 5.09. The molecule has 9 heteroatoms. The molecule has 1 aliphatic carbocycles. The molecular formula is C19H35IN6O2. The van der Waals surface area contributed by atoms with Crippen LogP contribution in [0, 0.1) is 0 Å². The van der Waals surface area contributed by atoms with Crippen molar-refractivity contribution in [2.24, 2.45) is 12.0 Å². The smallest absolute Gasteiger partial charge is 0.194 e. The Kier molecular flexibility index (Phi) is 9.96. The van der Waals surface area contributed by atoms with E-state index in [-0.39, 0.29) is 30.1 Å². The van der Waals surface area contributed by atoms with Crippen LogP contribution in [0.25, 0.3) is 0 Å². The first-order valence-electron chi connectivity index (χ1n) is 10.1. The molecular weight excluding hydrogens is 471 g/mol. The minimum Gasteiger partial charge on any atom is -0.383 e. The van der Waals surface area contributed by atoms with Gasteiger partial charge in [-0.3, -0.25) is 14.6 Å². The van der Waals surface area contributed by atoms with E-state index < -0.39 is 0 Å². The van der Waals surface area contributed by atoms with Crippen LogP contribution in [0.5, 0.6) is 0 Å². The molecule has 0 spiro atoms. The van der Waals surface area contributed by atoms with Crippen molar-refractivity contribution in [2.75, 3.05) is 59.6 Å². The normalized spacial score (nSPS) is 20.4. The van der Waals surface area contributed by atoms with Crippen LogP contribution in [0.4, 0.5) is 0 Å². The van der Waals surface area contributed by atoms with Gasteiger partial charge in [-0.25, -0.2) is 0 Å². The number of nitrogens with zero attached hydrogens (tertiary/aromatic N) is 5. The maximum absolute atomic E-state index is 5.96. The summed E-state index contributed by atoms with van der Waals surface area (Å²) in [5.41, 5.74) is 1.12. The van der Waals surface area contributed by atoms with E-state index in [0.717, 1.165) is 63.4 Å². The summed E-state index contributed by atoms with van der Waals surface area (Å²) in [5.74, 6) is 0.983. The first kappa shape index (κ1) is 23.4. The summed E-state index contributed by atoms with van der Waals surface area (Å²) < 4.78 is 13.0. The van der Waals surface area contributed by atoms with Crippen LogP contribution in [0.1, 0.15) is 31.4 Å². The Labute approximate surface area is 185 Å². The van der Waals surface area contributed by atoms with E-state index in [9.17, 15) is 0 Å². The molecule has 160 valence electrons. The molecule has 3 rings (SSSR count). The highest BCUT2D eigenvalue weighted by atomic mass is 127. The van der Waals surface area contributed by atoms with E-state index >= 15 is 0 Å². The molecule has 1 aromatic heterocycles. The molecule has 28 heavy (non-hydrogen) atoms. The molecule has 1 aliphatic heterocycles. The van der Waals surface area contributed by atoms with Gasteiger partial charge in [-0.15, -0.1) is 24.0 Å². The number of aliphatic imine (C=N–C) groups is 1. The lowest BCUT2D eigenvalue weighted by atomic mass is 10.1. The highest BCUT2D eigenvalue weighted by Crippen LogP contribution is 2.26. The van der Waals surface area contributed by atoms with Crippen molar-refractivity contribution >= 4 is 29.9 Å². The molecule has 2 fully saturated rings. The van der Waals surface area contributed by atoms with Crippen LogP contribution in [-0.4, -0.2) is 91.2 Å². The standard InChI is InChI=1S/C19H34N6O2.HI/c1-4-20-19(21-7-8-24(9-11-26-3)17-5-6-17)25-10-12-27-18(15-25)16-13-22-23(2)14-16;/h13-14,17-18H,4-12,15H2,1-3H3,(H,20,21);1H. The molecule has 1 saturated heterocycles. The van der Waals surface area contributed by atoms with E-state index in [2.05, 4.69) is 27.1 Å². The number of guanidine groups is 1. The van der Waals surface area contributed by atoms with Crippen LogP contribution in [-0.2, 0) is 16.5 Å². The SMILES string of the molecule is CCNC(=NCCN(CCOC)C1CC1)N1CCOC(c2cnn(C)c2)C1.I. The van der Waals surface area contributed by atoms with Crippen molar-refractivity contribution in [2.45, 2.75) is 31.9 Å². The maximum Gasteiger partial charge on any atom is 0.194 e. The molecule has 0 aromatic carbocycles. The van der Waals surface area contributed by atoms with Gasteiger partial charge in [-0.1, -0.05) is 0 Å². The van der Waals surface area contributed by atoms with Gasteiger partial charge in [0.15, 0.2) is 5.96 Å². The average Bonchev–Trinajstić information content (AvgIpc) is 3.44. The second-order valence-corrected chi connectivity index (χ2v) is 7.25. The van der Waals surface area contributed by atoms with E-state index in [1.54, 1.807) is 7.11 Å². The van der Waals surface area contributed by atoms with E-state index in [0.29, 0.717) is 6.61 Å². The average molecular weight is 506 g/mol. The number of morpholine rings is 1. The summed E-state index contributed by atoms with van der Waals surface area (Å²) in [6, 6.07) is 0.733. The lowest BCUT2D eigenvalue weighted by Gasteiger charge is -2.35. The Morgan fingerprint density at radius 2 is 2.25 bits per heavy atom. The van der Waals surface area contributed by atoms with Gasteiger partial charge in [0.1, 0.15) is 6.10 Å². The van der Waals surface area contributed by atoms with Crippen molar-refractivity contribution in [1.82, 2.24) is 24.9 Å². The number of methoxy groups -OCH3 is 1. The number of ether oxygens (including phenoxy) is 2. The van der Waals surface area contributed by atoms with Crippen molar-refractivity contribution in [3.63, 3.8) is 0 Å². The van der Waals surface area contributed by atoms with Gasteiger partial charge in [0.05, 0.1) is 32.5 Å². The Hall–Kier alpha value is -0.910. The topological polar surface area (TPSA) is 67.2 Å². The second-order valence-electron chi connectivity index (χ2n) is 7.25. The van der Waals surface area contributed by atoms with Crippen LogP contribution >= 0.6 is 24.0 Å². The van der Waals surface area contributed by atoms with Gasteiger partial charge in [0, 0.05) is 58.1 Å². The van der Waals surface area contributed by atoms with Gasteiger partial charge in [-0.05, 0) is 19.8 Å². The maximum atomic E-state index is 5.96. The van der Waals surface area contributed by atoms with Gasteiger partial charge in [-0.2, -0.15) is 5.10 Å². The minimum absolute atomic E-state index is 0. The molecule has 1 saturated carbocycles. The van der Waals surface area contributed by atoms with Crippen LogP contribution in [0.2, 0.25) is 0 Å². The van der Waals surface area contributed by atoms with Gasteiger partial charge in [0.2, 0.25) is 0 Å². The zero-order valence-electron chi connectivity index (χ0n) is 17.3. The summed E-state index contributed by atoms with van der Waals surface area (Å²) in [5, 5.41) is 7.72. The molecule has 1 N–H and O–H groups in total. The summed E-state index contributed by atoms with van der Waals surface area (Å²) in [6.45, 7) is 8.91. The largest absolute Gasteiger partial charge is 0.383 e. The molecule has 0 bridgehead atoms. The molecule has 2 aliphatic rings.